The summed E-state index contributed by atoms with van der Waals surface area (Å²) < 4.78 is 4.90. The standard InChI is InChI=1S/C10H18N2O2/c13-10-8-12(5-6-14-10)7-9-3-1-2-4-11-9/h9,11H,1-8H2. The molecule has 0 spiro atoms. The van der Waals surface area contributed by atoms with E-state index in [1.54, 1.807) is 0 Å². The lowest BCUT2D eigenvalue weighted by molar-refractivity contribution is -0.150. The predicted molar refractivity (Wildman–Crippen MR) is 53.0 cm³/mol. The van der Waals surface area contributed by atoms with E-state index in [4.69, 9.17) is 4.74 Å². The molecular weight excluding hydrogens is 180 g/mol. The Hall–Kier alpha value is -0.610. The molecule has 0 bridgehead atoms. The van der Waals surface area contributed by atoms with Crippen molar-refractivity contribution >= 4 is 5.97 Å². The third-order valence-corrected chi connectivity index (χ3v) is 2.91. The van der Waals surface area contributed by atoms with Crippen molar-refractivity contribution in [2.45, 2.75) is 25.3 Å². The van der Waals surface area contributed by atoms with Gasteiger partial charge in [-0.2, -0.15) is 0 Å². The lowest BCUT2D eigenvalue weighted by Gasteiger charge is -2.31. The second kappa shape index (κ2) is 4.75. The van der Waals surface area contributed by atoms with Crippen LogP contribution in [0, 0.1) is 0 Å². The molecule has 14 heavy (non-hydrogen) atoms. The zero-order valence-electron chi connectivity index (χ0n) is 8.50. The molecule has 0 radical (unpaired) electrons. The average molecular weight is 198 g/mol. The molecule has 1 unspecified atom stereocenters. The molecule has 2 fully saturated rings. The van der Waals surface area contributed by atoms with Crippen LogP contribution in [0.15, 0.2) is 0 Å². The smallest absolute Gasteiger partial charge is 0.320 e. The lowest BCUT2D eigenvalue weighted by Crippen LogP contribution is -2.48. The number of carbonyl (C=O) groups excluding carboxylic acids is 1. The van der Waals surface area contributed by atoms with Crippen molar-refractivity contribution in [3.05, 3.63) is 0 Å². The first-order valence-corrected chi connectivity index (χ1v) is 5.46. The van der Waals surface area contributed by atoms with Crippen molar-refractivity contribution < 1.29 is 9.53 Å². The van der Waals surface area contributed by atoms with Gasteiger partial charge in [0, 0.05) is 19.1 Å². The zero-order chi connectivity index (χ0) is 9.80. The SMILES string of the molecule is O=C1CN(CC2CCCCN2)CCO1. The van der Waals surface area contributed by atoms with Crippen LogP contribution in [0.25, 0.3) is 0 Å². The Balaban J connectivity index is 1.75. The number of rotatable bonds is 2. The number of esters is 1. The van der Waals surface area contributed by atoms with Gasteiger partial charge in [-0.25, -0.2) is 0 Å². The molecule has 2 rings (SSSR count). The highest BCUT2D eigenvalue weighted by Gasteiger charge is 2.21. The summed E-state index contributed by atoms with van der Waals surface area (Å²) in [5.41, 5.74) is 0. The number of cyclic esters (lactones) is 1. The van der Waals surface area contributed by atoms with Gasteiger partial charge in [0.15, 0.2) is 0 Å². The molecule has 4 nitrogen and oxygen atoms in total. The van der Waals surface area contributed by atoms with Gasteiger partial charge in [-0.1, -0.05) is 6.42 Å². The van der Waals surface area contributed by atoms with E-state index in [0.29, 0.717) is 19.2 Å². The quantitative estimate of drug-likeness (QED) is 0.634. The normalized spacial score (nSPS) is 30.0. The van der Waals surface area contributed by atoms with Crippen LogP contribution in [0.2, 0.25) is 0 Å². The van der Waals surface area contributed by atoms with E-state index >= 15 is 0 Å². The van der Waals surface area contributed by atoms with E-state index in [1.165, 1.54) is 19.3 Å². The van der Waals surface area contributed by atoms with Crippen molar-refractivity contribution in [2.24, 2.45) is 0 Å². The fourth-order valence-electron chi connectivity index (χ4n) is 2.14. The van der Waals surface area contributed by atoms with E-state index in [9.17, 15) is 4.79 Å². The molecule has 1 N–H and O–H groups in total. The number of morpholine rings is 1. The first-order chi connectivity index (χ1) is 6.84. The third-order valence-electron chi connectivity index (χ3n) is 2.91. The molecule has 2 aliphatic heterocycles. The Morgan fingerprint density at radius 2 is 2.43 bits per heavy atom. The molecule has 2 aliphatic rings. The van der Waals surface area contributed by atoms with E-state index in [0.717, 1.165) is 19.6 Å². The molecule has 80 valence electrons. The van der Waals surface area contributed by atoms with Crippen LogP contribution in [0.1, 0.15) is 19.3 Å². The number of hydrogen-bond acceptors (Lipinski definition) is 4. The Morgan fingerprint density at radius 1 is 1.50 bits per heavy atom. The summed E-state index contributed by atoms with van der Waals surface area (Å²) in [5.74, 6) is -0.0768. The molecule has 0 amide bonds. The predicted octanol–water partition coefficient (Wildman–Crippen LogP) is -0.0127. The van der Waals surface area contributed by atoms with Gasteiger partial charge in [-0.15, -0.1) is 0 Å². The number of nitrogens with zero attached hydrogens (tertiary/aromatic N) is 1. The summed E-state index contributed by atoms with van der Waals surface area (Å²) in [5, 5.41) is 3.49. The van der Waals surface area contributed by atoms with Crippen LogP contribution >= 0.6 is 0 Å². The molecule has 0 aliphatic carbocycles. The third kappa shape index (κ3) is 2.69. The molecule has 2 heterocycles. The number of carbonyl (C=O) groups is 1. The van der Waals surface area contributed by atoms with Gasteiger partial charge in [0.2, 0.25) is 0 Å². The van der Waals surface area contributed by atoms with Gasteiger partial charge in [0.1, 0.15) is 6.61 Å². The molecule has 0 saturated carbocycles. The number of piperidine rings is 1. The Morgan fingerprint density at radius 3 is 3.14 bits per heavy atom. The summed E-state index contributed by atoms with van der Waals surface area (Å²) in [6, 6.07) is 0.578. The molecule has 1 atom stereocenters. The first-order valence-electron chi connectivity index (χ1n) is 5.46. The molecule has 0 aromatic rings. The van der Waals surface area contributed by atoms with Crippen LogP contribution in [0.3, 0.4) is 0 Å². The Kier molecular flexibility index (Phi) is 3.37. The van der Waals surface area contributed by atoms with Crippen molar-refractivity contribution in [2.75, 3.05) is 32.8 Å². The number of nitrogens with one attached hydrogen (secondary N) is 1. The first kappa shape index (κ1) is 9.93. The minimum atomic E-state index is -0.0768. The van der Waals surface area contributed by atoms with Gasteiger partial charge in [-0.05, 0) is 19.4 Å². The monoisotopic (exact) mass is 198 g/mol. The second-order valence-corrected chi connectivity index (χ2v) is 4.10. The maximum Gasteiger partial charge on any atom is 0.320 e. The minimum absolute atomic E-state index is 0.0768. The maximum atomic E-state index is 11.0. The highest BCUT2D eigenvalue weighted by molar-refractivity contribution is 5.72. The summed E-state index contributed by atoms with van der Waals surface area (Å²) in [7, 11) is 0. The Labute approximate surface area is 84.6 Å². The summed E-state index contributed by atoms with van der Waals surface area (Å²) in [6.07, 6.45) is 3.85. The van der Waals surface area contributed by atoms with E-state index < -0.39 is 0 Å². The topological polar surface area (TPSA) is 41.6 Å². The zero-order valence-corrected chi connectivity index (χ0v) is 8.50. The lowest BCUT2D eigenvalue weighted by atomic mass is 10.0. The fourth-order valence-corrected chi connectivity index (χ4v) is 2.14. The largest absolute Gasteiger partial charge is 0.463 e. The van der Waals surface area contributed by atoms with Crippen LogP contribution in [0.4, 0.5) is 0 Å². The number of hydrogen-bond donors (Lipinski definition) is 1. The van der Waals surface area contributed by atoms with Crippen LogP contribution in [-0.4, -0.2) is 49.7 Å². The van der Waals surface area contributed by atoms with Gasteiger partial charge in [0.25, 0.3) is 0 Å². The molecule has 0 aromatic heterocycles. The van der Waals surface area contributed by atoms with E-state index in [1.807, 2.05) is 0 Å². The summed E-state index contributed by atoms with van der Waals surface area (Å²) in [6.45, 7) is 4.05. The average Bonchev–Trinajstić information content (AvgIpc) is 2.19. The highest BCUT2D eigenvalue weighted by Crippen LogP contribution is 2.09. The van der Waals surface area contributed by atoms with E-state index in [2.05, 4.69) is 10.2 Å². The number of ether oxygens (including phenoxy) is 1. The molecule has 2 saturated heterocycles. The molecule has 4 heteroatoms. The van der Waals surface area contributed by atoms with Gasteiger partial charge >= 0.3 is 5.97 Å². The van der Waals surface area contributed by atoms with Crippen molar-refractivity contribution in [3.8, 4) is 0 Å². The summed E-state index contributed by atoms with van der Waals surface area (Å²) >= 11 is 0. The second-order valence-electron chi connectivity index (χ2n) is 4.10. The van der Waals surface area contributed by atoms with Crippen LogP contribution < -0.4 is 5.32 Å². The van der Waals surface area contributed by atoms with Crippen LogP contribution in [-0.2, 0) is 9.53 Å². The van der Waals surface area contributed by atoms with Crippen molar-refractivity contribution in [1.82, 2.24) is 10.2 Å². The van der Waals surface area contributed by atoms with Gasteiger partial charge in [0.05, 0.1) is 6.54 Å². The van der Waals surface area contributed by atoms with E-state index in [-0.39, 0.29) is 5.97 Å². The van der Waals surface area contributed by atoms with Crippen LogP contribution in [0.5, 0.6) is 0 Å². The Bertz CT molecular complexity index is 202. The molecular formula is C10H18N2O2. The fraction of sp³-hybridized carbons (Fsp3) is 0.900. The molecule has 0 aromatic carbocycles. The van der Waals surface area contributed by atoms with Crippen molar-refractivity contribution in [1.29, 1.82) is 0 Å². The van der Waals surface area contributed by atoms with Gasteiger partial charge < -0.3 is 10.1 Å². The minimum Gasteiger partial charge on any atom is -0.463 e. The van der Waals surface area contributed by atoms with Gasteiger partial charge in [-0.3, -0.25) is 9.69 Å². The maximum absolute atomic E-state index is 11.0. The van der Waals surface area contributed by atoms with Crippen molar-refractivity contribution in [3.63, 3.8) is 0 Å². The highest BCUT2D eigenvalue weighted by atomic mass is 16.5. The summed E-state index contributed by atoms with van der Waals surface area (Å²) in [4.78, 5) is 13.2.